The fourth-order valence-electron chi connectivity index (χ4n) is 4.99. The lowest BCUT2D eigenvalue weighted by Crippen LogP contribution is -2.30. The topological polar surface area (TPSA) is 21.1 Å². The minimum Gasteiger partial charge on any atom is -0.364 e. The third kappa shape index (κ3) is 4.01. The molecule has 0 amide bonds. The van der Waals surface area contributed by atoms with Crippen LogP contribution in [0.5, 0.6) is 0 Å². The number of halogens is 1. The first-order chi connectivity index (χ1) is 17.2. The van der Waals surface area contributed by atoms with Gasteiger partial charge in [0.15, 0.2) is 0 Å². The Kier molecular flexibility index (Phi) is 5.42. The average molecular weight is 460 g/mol. The Morgan fingerprint density at radius 2 is 1.51 bits per heavy atom. The van der Waals surface area contributed by atoms with E-state index >= 15 is 4.39 Å². The molecule has 35 heavy (non-hydrogen) atoms. The molecule has 3 nitrogen and oxygen atoms in total. The number of rotatable bonds is 4. The normalized spacial score (nSPS) is 13.0. The molecule has 0 radical (unpaired) electrons. The first-order valence-corrected chi connectivity index (χ1v) is 12.0. The number of aromatic nitrogens is 2. The molecule has 0 atom stereocenters. The zero-order valence-corrected chi connectivity index (χ0v) is 19.7. The van der Waals surface area contributed by atoms with Crippen molar-refractivity contribution >= 4 is 5.69 Å². The molecule has 5 aromatic rings. The van der Waals surface area contributed by atoms with E-state index in [1.54, 1.807) is 6.07 Å². The van der Waals surface area contributed by atoms with E-state index < -0.39 is 0 Å². The summed E-state index contributed by atoms with van der Waals surface area (Å²) in [5.41, 5.74) is 9.48. The van der Waals surface area contributed by atoms with Gasteiger partial charge < -0.3 is 4.90 Å². The highest BCUT2D eigenvalue weighted by atomic mass is 19.1. The Morgan fingerprint density at radius 3 is 2.31 bits per heavy atom. The second kappa shape index (κ2) is 8.88. The molecule has 4 aromatic carbocycles. The van der Waals surface area contributed by atoms with Gasteiger partial charge in [0.25, 0.3) is 0 Å². The van der Waals surface area contributed by atoms with Crippen LogP contribution in [0.15, 0.2) is 103 Å². The summed E-state index contributed by atoms with van der Waals surface area (Å²) < 4.78 is 17.0. The standard InChI is InChI=1S/C31H26FN3/c1-22-11-12-25-17-18-34(21-26(25)19-22)30-20-33-35(31(30)28-9-5-6-10-29(28)32)27-15-13-24(14-16-27)23-7-3-2-4-8-23/h2-16,19-20H,17-18,21H2,1H3. The van der Waals surface area contributed by atoms with Crippen molar-refractivity contribution in [1.82, 2.24) is 9.78 Å². The first-order valence-electron chi connectivity index (χ1n) is 12.0. The molecule has 0 saturated heterocycles. The molecular formula is C31H26FN3. The number of fused-ring (bicyclic) bond motifs is 1. The molecule has 0 spiro atoms. The highest BCUT2D eigenvalue weighted by molar-refractivity contribution is 5.78. The van der Waals surface area contributed by atoms with Crippen LogP contribution >= 0.6 is 0 Å². The van der Waals surface area contributed by atoms with Crippen molar-refractivity contribution in [1.29, 1.82) is 0 Å². The molecule has 6 rings (SSSR count). The SMILES string of the molecule is Cc1ccc2c(c1)CN(c1cnn(-c3ccc(-c4ccccc4)cc3)c1-c1ccccc1F)CC2. The predicted octanol–water partition coefficient (Wildman–Crippen LogP) is 7.22. The largest absolute Gasteiger partial charge is 0.364 e. The number of benzene rings is 4. The molecule has 172 valence electrons. The molecule has 2 heterocycles. The molecular weight excluding hydrogens is 433 g/mol. The Bertz CT molecular complexity index is 1490. The molecule has 0 unspecified atom stereocenters. The second-order valence-corrected chi connectivity index (χ2v) is 9.13. The molecule has 4 heteroatoms. The second-order valence-electron chi connectivity index (χ2n) is 9.13. The highest BCUT2D eigenvalue weighted by Gasteiger charge is 2.25. The van der Waals surface area contributed by atoms with Crippen molar-refractivity contribution in [3.8, 4) is 28.1 Å². The van der Waals surface area contributed by atoms with Crippen LogP contribution in [0.2, 0.25) is 0 Å². The Labute approximate surface area is 205 Å². The lowest BCUT2D eigenvalue weighted by atomic mass is 9.97. The highest BCUT2D eigenvalue weighted by Crippen LogP contribution is 2.37. The maximum atomic E-state index is 15.1. The quantitative estimate of drug-likeness (QED) is 0.283. The van der Waals surface area contributed by atoms with Crippen molar-refractivity contribution in [3.05, 3.63) is 126 Å². The summed E-state index contributed by atoms with van der Waals surface area (Å²) in [6, 6.07) is 32.2. The summed E-state index contributed by atoms with van der Waals surface area (Å²) in [4.78, 5) is 2.32. The fourth-order valence-corrected chi connectivity index (χ4v) is 4.99. The molecule has 1 aliphatic rings. The van der Waals surface area contributed by atoms with E-state index in [2.05, 4.69) is 66.4 Å². The number of aryl methyl sites for hydroxylation is 1. The summed E-state index contributed by atoms with van der Waals surface area (Å²) in [6.07, 6.45) is 2.84. The summed E-state index contributed by atoms with van der Waals surface area (Å²) in [5, 5.41) is 4.76. The fraction of sp³-hybridized carbons (Fsp3) is 0.129. The predicted molar refractivity (Wildman–Crippen MR) is 140 cm³/mol. The maximum absolute atomic E-state index is 15.1. The lowest BCUT2D eigenvalue weighted by Gasteiger charge is -2.31. The van der Waals surface area contributed by atoms with E-state index in [0.29, 0.717) is 5.56 Å². The van der Waals surface area contributed by atoms with Gasteiger partial charge in [0.2, 0.25) is 0 Å². The molecule has 1 aromatic heterocycles. The Balaban J connectivity index is 1.44. The number of nitrogens with zero attached hydrogens (tertiary/aromatic N) is 3. The van der Waals surface area contributed by atoms with Crippen LogP contribution < -0.4 is 4.90 Å². The number of hydrogen-bond donors (Lipinski definition) is 0. The van der Waals surface area contributed by atoms with Crippen LogP contribution in [0.1, 0.15) is 16.7 Å². The van der Waals surface area contributed by atoms with Gasteiger partial charge >= 0.3 is 0 Å². The summed E-state index contributed by atoms with van der Waals surface area (Å²) in [7, 11) is 0. The number of anilines is 1. The van der Waals surface area contributed by atoms with Gasteiger partial charge in [-0.25, -0.2) is 9.07 Å². The maximum Gasteiger partial charge on any atom is 0.132 e. The van der Waals surface area contributed by atoms with Gasteiger partial charge in [0.1, 0.15) is 11.5 Å². The van der Waals surface area contributed by atoms with Gasteiger partial charge in [-0.1, -0.05) is 78.4 Å². The zero-order valence-electron chi connectivity index (χ0n) is 19.7. The van der Waals surface area contributed by atoms with Gasteiger partial charge in [-0.2, -0.15) is 5.10 Å². The smallest absolute Gasteiger partial charge is 0.132 e. The van der Waals surface area contributed by atoms with E-state index in [4.69, 9.17) is 5.10 Å². The Hall–Kier alpha value is -4.18. The third-order valence-electron chi connectivity index (χ3n) is 6.81. The molecule has 0 saturated carbocycles. The summed E-state index contributed by atoms with van der Waals surface area (Å²) in [6.45, 7) is 3.79. The van der Waals surface area contributed by atoms with Crippen LogP contribution in [0, 0.1) is 12.7 Å². The van der Waals surface area contributed by atoms with Crippen molar-refractivity contribution in [2.75, 3.05) is 11.4 Å². The molecule has 1 aliphatic heterocycles. The molecule has 0 N–H and O–H groups in total. The van der Waals surface area contributed by atoms with Crippen molar-refractivity contribution in [3.63, 3.8) is 0 Å². The van der Waals surface area contributed by atoms with Crippen LogP contribution in [0.25, 0.3) is 28.1 Å². The van der Waals surface area contributed by atoms with Gasteiger partial charge in [-0.15, -0.1) is 0 Å². The monoisotopic (exact) mass is 459 g/mol. The van der Waals surface area contributed by atoms with Crippen LogP contribution in [0.3, 0.4) is 0 Å². The Morgan fingerprint density at radius 1 is 0.771 bits per heavy atom. The van der Waals surface area contributed by atoms with Gasteiger partial charge in [-0.05, 0) is 59.9 Å². The van der Waals surface area contributed by atoms with Crippen molar-refractivity contribution in [2.45, 2.75) is 19.9 Å². The summed E-state index contributed by atoms with van der Waals surface area (Å²) >= 11 is 0. The van der Waals surface area contributed by atoms with E-state index in [-0.39, 0.29) is 5.82 Å². The third-order valence-corrected chi connectivity index (χ3v) is 6.81. The van der Waals surface area contributed by atoms with Crippen LogP contribution in [-0.4, -0.2) is 16.3 Å². The molecule has 0 aliphatic carbocycles. The first kappa shape index (κ1) is 21.4. The lowest BCUT2D eigenvalue weighted by molar-refractivity contribution is 0.629. The van der Waals surface area contributed by atoms with E-state index in [1.165, 1.54) is 22.8 Å². The molecule has 0 bridgehead atoms. The van der Waals surface area contributed by atoms with E-state index in [1.807, 2.05) is 41.2 Å². The number of hydrogen-bond acceptors (Lipinski definition) is 2. The van der Waals surface area contributed by atoms with Crippen LogP contribution in [0.4, 0.5) is 10.1 Å². The van der Waals surface area contributed by atoms with Gasteiger partial charge in [0.05, 0.1) is 17.6 Å². The minimum absolute atomic E-state index is 0.246. The van der Waals surface area contributed by atoms with E-state index in [0.717, 1.165) is 47.7 Å². The van der Waals surface area contributed by atoms with Crippen molar-refractivity contribution in [2.24, 2.45) is 0 Å². The van der Waals surface area contributed by atoms with Crippen molar-refractivity contribution < 1.29 is 4.39 Å². The van der Waals surface area contributed by atoms with Gasteiger partial charge in [-0.3, -0.25) is 0 Å². The average Bonchev–Trinajstić information content (AvgIpc) is 3.34. The van der Waals surface area contributed by atoms with Crippen LogP contribution in [-0.2, 0) is 13.0 Å². The summed E-state index contributed by atoms with van der Waals surface area (Å²) in [5.74, 6) is -0.246. The van der Waals surface area contributed by atoms with E-state index in [9.17, 15) is 0 Å². The molecule has 0 fully saturated rings. The zero-order chi connectivity index (χ0) is 23.8. The minimum atomic E-state index is -0.246. The van der Waals surface area contributed by atoms with Gasteiger partial charge in [0, 0.05) is 18.7 Å².